The Balaban J connectivity index is 2.39. The zero-order valence-corrected chi connectivity index (χ0v) is 15.6. The van der Waals surface area contributed by atoms with E-state index in [2.05, 4.69) is 10.5 Å². The summed E-state index contributed by atoms with van der Waals surface area (Å²) in [5, 5.41) is 37.0. The van der Waals surface area contributed by atoms with Gasteiger partial charge in [-0.05, 0) is 26.0 Å². The quantitative estimate of drug-likeness (QED) is 0.378. The number of hydrogen-bond donors (Lipinski definition) is 1. The van der Waals surface area contributed by atoms with Crippen molar-refractivity contribution in [2.45, 2.75) is 13.8 Å². The Kier molecular flexibility index (Phi) is 6.74. The highest BCUT2D eigenvalue weighted by atomic mass is 16.6. The lowest BCUT2D eigenvalue weighted by Crippen LogP contribution is -2.23. The molecule has 0 heterocycles. The van der Waals surface area contributed by atoms with Gasteiger partial charge in [-0.1, -0.05) is 0 Å². The van der Waals surface area contributed by atoms with Crippen molar-refractivity contribution in [3.05, 3.63) is 72.3 Å². The van der Waals surface area contributed by atoms with Crippen LogP contribution in [-0.4, -0.2) is 34.1 Å². The van der Waals surface area contributed by atoms with Gasteiger partial charge in [0.25, 0.3) is 11.4 Å². The molecule has 0 atom stereocenters. The van der Waals surface area contributed by atoms with Gasteiger partial charge >= 0.3 is 5.69 Å². The van der Waals surface area contributed by atoms with Crippen LogP contribution in [0.1, 0.15) is 19.4 Å². The molecule has 0 saturated carbocycles. The normalized spacial score (nSPS) is 10.7. The van der Waals surface area contributed by atoms with Crippen LogP contribution in [0.3, 0.4) is 0 Å². The lowest BCUT2D eigenvalue weighted by Gasteiger charge is -2.22. The number of rotatable bonds is 9. The summed E-state index contributed by atoms with van der Waals surface area (Å²) in [6.45, 7) is 5.20. The van der Waals surface area contributed by atoms with Crippen LogP contribution in [0.25, 0.3) is 0 Å². The van der Waals surface area contributed by atoms with E-state index in [0.717, 1.165) is 12.1 Å². The molecule has 1 N–H and O–H groups in total. The maximum Gasteiger partial charge on any atom is 0.301 e. The smallest absolute Gasteiger partial charge is 0.301 e. The first-order valence-electron chi connectivity index (χ1n) is 8.53. The van der Waals surface area contributed by atoms with Crippen LogP contribution in [0.4, 0.5) is 28.4 Å². The molecule has 0 spiro atoms. The van der Waals surface area contributed by atoms with E-state index in [1.54, 1.807) is 6.07 Å². The van der Waals surface area contributed by atoms with Gasteiger partial charge in [-0.25, -0.2) is 0 Å². The third-order valence-corrected chi connectivity index (χ3v) is 4.10. The van der Waals surface area contributed by atoms with Gasteiger partial charge in [0, 0.05) is 42.5 Å². The number of nitrogens with zero attached hydrogens (tertiary/aromatic N) is 5. The molecule has 12 nitrogen and oxygen atoms in total. The van der Waals surface area contributed by atoms with Crippen molar-refractivity contribution in [3.8, 4) is 0 Å². The first kappa shape index (κ1) is 21.2. The Morgan fingerprint density at radius 3 is 2.07 bits per heavy atom. The summed E-state index contributed by atoms with van der Waals surface area (Å²) in [6.07, 6.45) is 1.31. The molecule has 152 valence electrons. The van der Waals surface area contributed by atoms with Crippen LogP contribution < -0.4 is 10.3 Å². The molecule has 0 aromatic heterocycles. The first-order valence-corrected chi connectivity index (χ1v) is 8.53. The molecule has 0 fully saturated rings. The predicted octanol–water partition coefficient (Wildman–Crippen LogP) is 3.70. The lowest BCUT2D eigenvalue weighted by atomic mass is 10.1. The summed E-state index contributed by atoms with van der Waals surface area (Å²) in [6, 6.07) is 7.46. The first-order chi connectivity index (χ1) is 13.8. The highest BCUT2D eigenvalue weighted by molar-refractivity contribution is 5.89. The number of benzene rings is 2. The van der Waals surface area contributed by atoms with Gasteiger partial charge < -0.3 is 4.90 Å². The fourth-order valence-electron chi connectivity index (χ4n) is 2.66. The molecule has 12 heteroatoms. The SMILES string of the molecule is CCN(CC)c1ccc([N+](=O)[O-])cc1/C=N\Nc1ccc([N+](=O)[O-])cc1[N+](=O)[O-]. The van der Waals surface area contributed by atoms with Gasteiger partial charge in [0.2, 0.25) is 0 Å². The van der Waals surface area contributed by atoms with E-state index in [1.165, 1.54) is 24.4 Å². The van der Waals surface area contributed by atoms with E-state index in [9.17, 15) is 30.3 Å². The zero-order valence-electron chi connectivity index (χ0n) is 15.6. The Hall–Kier alpha value is -4.09. The molecular formula is C17H18N6O6. The second kappa shape index (κ2) is 9.21. The fraction of sp³-hybridized carbons (Fsp3) is 0.235. The molecule has 0 aliphatic heterocycles. The molecule has 2 rings (SSSR count). The van der Waals surface area contributed by atoms with Crippen molar-refractivity contribution in [1.82, 2.24) is 0 Å². The number of nitrogens with one attached hydrogen (secondary N) is 1. The van der Waals surface area contributed by atoms with E-state index in [-0.39, 0.29) is 11.4 Å². The standard InChI is InChI=1S/C17H18N6O6/c1-3-20(4-2)16-8-6-13(21(24)25)9-12(16)11-18-19-15-7-5-14(22(26)27)10-17(15)23(28)29/h5-11,19H,3-4H2,1-2H3/b18-11-. The summed E-state index contributed by atoms with van der Waals surface area (Å²) in [5.74, 6) is 0. The average molecular weight is 402 g/mol. The van der Waals surface area contributed by atoms with Gasteiger partial charge in [-0.15, -0.1) is 0 Å². The molecule has 2 aromatic carbocycles. The molecule has 2 aromatic rings. The van der Waals surface area contributed by atoms with Gasteiger partial charge in [-0.2, -0.15) is 5.10 Å². The number of anilines is 2. The minimum atomic E-state index is -0.764. The van der Waals surface area contributed by atoms with Crippen LogP contribution in [-0.2, 0) is 0 Å². The van der Waals surface area contributed by atoms with Gasteiger partial charge in [-0.3, -0.25) is 35.8 Å². The number of hydrazone groups is 1. The largest absolute Gasteiger partial charge is 0.372 e. The summed E-state index contributed by atoms with van der Waals surface area (Å²) in [7, 11) is 0. The Bertz CT molecular complexity index is 973. The third-order valence-electron chi connectivity index (χ3n) is 4.10. The van der Waals surface area contributed by atoms with Crippen molar-refractivity contribution < 1.29 is 14.8 Å². The summed E-state index contributed by atoms with van der Waals surface area (Å²) in [5.41, 5.74) is 2.53. The Morgan fingerprint density at radius 2 is 1.52 bits per heavy atom. The van der Waals surface area contributed by atoms with Crippen molar-refractivity contribution in [3.63, 3.8) is 0 Å². The van der Waals surface area contributed by atoms with Crippen LogP contribution >= 0.6 is 0 Å². The fourth-order valence-corrected chi connectivity index (χ4v) is 2.66. The second-order valence-electron chi connectivity index (χ2n) is 5.76. The predicted molar refractivity (Wildman–Crippen MR) is 108 cm³/mol. The highest BCUT2D eigenvalue weighted by Crippen LogP contribution is 2.29. The monoisotopic (exact) mass is 402 g/mol. The van der Waals surface area contributed by atoms with Crippen LogP contribution in [0, 0.1) is 30.3 Å². The van der Waals surface area contributed by atoms with E-state index in [0.29, 0.717) is 24.3 Å². The van der Waals surface area contributed by atoms with Crippen molar-refractivity contribution in [1.29, 1.82) is 0 Å². The molecule has 0 amide bonds. The van der Waals surface area contributed by atoms with Gasteiger partial charge in [0.1, 0.15) is 5.69 Å². The molecule has 0 aliphatic rings. The van der Waals surface area contributed by atoms with E-state index < -0.39 is 26.1 Å². The number of nitro groups is 3. The lowest BCUT2D eigenvalue weighted by molar-refractivity contribution is -0.393. The number of nitro benzene ring substituents is 3. The summed E-state index contributed by atoms with van der Waals surface area (Å²) in [4.78, 5) is 33.0. The van der Waals surface area contributed by atoms with Crippen molar-refractivity contribution in [2.24, 2.45) is 5.10 Å². The minimum Gasteiger partial charge on any atom is -0.372 e. The molecule has 29 heavy (non-hydrogen) atoms. The molecule has 0 unspecified atom stereocenters. The minimum absolute atomic E-state index is 0.0494. The molecule has 0 radical (unpaired) electrons. The molecular weight excluding hydrogens is 384 g/mol. The zero-order chi connectivity index (χ0) is 21.6. The highest BCUT2D eigenvalue weighted by Gasteiger charge is 2.19. The molecule has 0 aliphatic carbocycles. The van der Waals surface area contributed by atoms with E-state index >= 15 is 0 Å². The Labute approximate surface area is 164 Å². The summed E-state index contributed by atoms with van der Waals surface area (Å²) < 4.78 is 0. The van der Waals surface area contributed by atoms with Gasteiger partial charge in [0.15, 0.2) is 0 Å². The number of non-ortho nitro benzene ring substituents is 2. The van der Waals surface area contributed by atoms with E-state index in [1.807, 2.05) is 18.7 Å². The van der Waals surface area contributed by atoms with Crippen molar-refractivity contribution >= 4 is 34.7 Å². The maximum absolute atomic E-state index is 11.2. The Morgan fingerprint density at radius 1 is 0.931 bits per heavy atom. The van der Waals surface area contributed by atoms with Crippen molar-refractivity contribution in [2.75, 3.05) is 23.4 Å². The number of hydrogen-bond acceptors (Lipinski definition) is 9. The maximum atomic E-state index is 11.2. The molecule has 0 bridgehead atoms. The topological polar surface area (TPSA) is 157 Å². The van der Waals surface area contributed by atoms with Gasteiger partial charge in [0.05, 0.1) is 27.1 Å². The van der Waals surface area contributed by atoms with E-state index in [4.69, 9.17) is 0 Å². The van der Waals surface area contributed by atoms with Crippen LogP contribution in [0.2, 0.25) is 0 Å². The van der Waals surface area contributed by atoms with Crippen LogP contribution in [0.15, 0.2) is 41.5 Å². The third kappa shape index (κ3) is 5.00. The van der Waals surface area contributed by atoms with Crippen LogP contribution in [0.5, 0.6) is 0 Å². The average Bonchev–Trinajstić information content (AvgIpc) is 2.69. The molecule has 0 saturated heterocycles. The second-order valence-corrected chi connectivity index (χ2v) is 5.76. The summed E-state index contributed by atoms with van der Waals surface area (Å²) >= 11 is 0.